The normalized spacial score (nSPS) is 24.0. The van der Waals surface area contributed by atoms with Crippen LogP contribution in [0.3, 0.4) is 0 Å². The van der Waals surface area contributed by atoms with Crippen molar-refractivity contribution in [1.82, 2.24) is 30.2 Å². The number of piperazine rings is 1. The number of nitrogens with zero attached hydrogens (tertiary/aromatic N) is 5. The molecule has 0 spiro atoms. The SMILES string of the molecule is CCNC(=NCC1CN(C)CCN1C)NC1CCc2cn(C(C)C)nc2C1.I. The van der Waals surface area contributed by atoms with Crippen LogP contribution in [0.1, 0.15) is 44.5 Å². The zero-order valence-corrected chi connectivity index (χ0v) is 20.4. The van der Waals surface area contributed by atoms with Crippen LogP contribution in [0.2, 0.25) is 0 Å². The number of aliphatic imine (C=N–C) groups is 1. The number of guanidine groups is 1. The van der Waals surface area contributed by atoms with Crippen molar-refractivity contribution in [3.05, 3.63) is 17.5 Å². The van der Waals surface area contributed by atoms with Gasteiger partial charge in [-0.15, -0.1) is 24.0 Å². The average Bonchev–Trinajstić information content (AvgIpc) is 3.06. The van der Waals surface area contributed by atoms with E-state index in [2.05, 4.69) is 66.2 Å². The van der Waals surface area contributed by atoms with Gasteiger partial charge in [0.15, 0.2) is 5.96 Å². The van der Waals surface area contributed by atoms with E-state index >= 15 is 0 Å². The molecule has 0 bridgehead atoms. The van der Waals surface area contributed by atoms with Gasteiger partial charge >= 0.3 is 0 Å². The van der Waals surface area contributed by atoms with Gasteiger partial charge < -0.3 is 15.5 Å². The van der Waals surface area contributed by atoms with Gasteiger partial charge in [0.1, 0.15) is 0 Å². The monoisotopic (exact) mass is 503 g/mol. The minimum Gasteiger partial charge on any atom is -0.357 e. The molecule has 1 aromatic rings. The first kappa shape index (κ1) is 23.4. The second-order valence-corrected chi connectivity index (χ2v) is 8.38. The molecule has 0 radical (unpaired) electrons. The van der Waals surface area contributed by atoms with Crippen molar-refractivity contribution in [1.29, 1.82) is 0 Å². The molecule has 0 aromatic carbocycles. The summed E-state index contributed by atoms with van der Waals surface area (Å²) in [4.78, 5) is 9.73. The van der Waals surface area contributed by atoms with Crippen LogP contribution >= 0.6 is 24.0 Å². The lowest BCUT2D eigenvalue weighted by Gasteiger charge is -2.37. The molecule has 1 saturated heterocycles. The molecule has 1 aliphatic carbocycles. The fraction of sp³-hybridized carbons (Fsp3) is 0.800. The van der Waals surface area contributed by atoms with Crippen molar-refractivity contribution < 1.29 is 0 Å². The van der Waals surface area contributed by atoms with Gasteiger partial charge in [0.2, 0.25) is 0 Å². The Labute approximate surface area is 187 Å². The van der Waals surface area contributed by atoms with Crippen LogP contribution in [0, 0.1) is 0 Å². The zero-order chi connectivity index (χ0) is 19.4. The van der Waals surface area contributed by atoms with Crippen molar-refractivity contribution >= 4 is 29.9 Å². The van der Waals surface area contributed by atoms with Crippen LogP contribution in [-0.2, 0) is 12.8 Å². The maximum absolute atomic E-state index is 4.91. The number of fused-ring (bicyclic) bond motifs is 1. The summed E-state index contributed by atoms with van der Waals surface area (Å²) < 4.78 is 2.10. The van der Waals surface area contributed by atoms with Gasteiger partial charge in [0, 0.05) is 56.9 Å². The van der Waals surface area contributed by atoms with E-state index in [1.165, 1.54) is 11.3 Å². The molecule has 28 heavy (non-hydrogen) atoms. The molecule has 1 aromatic heterocycles. The summed E-state index contributed by atoms with van der Waals surface area (Å²) >= 11 is 0. The summed E-state index contributed by atoms with van der Waals surface area (Å²) in [7, 11) is 4.41. The van der Waals surface area contributed by atoms with E-state index in [1.54, 1.807) is 0 Å². The Balaban J connectivity index is 0.00000280. The minimum absolute atomic E-state index is 0. The van der Waals surface area contributed by atoms with Gasteiger partial charge in [-0.2, -0.15) is 5.10 Å². The minimum atomic E-state index is 0. The largest absolute Gasteiger partial charge is 0.357 e. The standard InChI is InChI=1S/C20H37N7.HI/c1-6-21-20(22-12-18-14-25(4)9-10-26(18)5)23-17-8-7-16-13-27(15(2)3)24-19(16)11-17;/h13,15,17-18H,6-12,14H2,1-5H3,(H2,21,22,23);1H. The maximum atomic E-state index is 4.91. The molecule has 0 amide bonds. The van der Waals surface area contributed by atoms with Crippen LogP contribution in [0.4, 0.5) is 0 Å². The van der Waals surface area contributed by atoms with Gasteiger partial charge in [-0.05, 0) is 53.3 Å². The highest BCUT2D eigenvalue weighted by molar-refractivity contribution is 14.0. The third-order valence-electron chi connectivity index (χ3n) is 5.75. The molecule has 8 heteroatoms. The number of aryl methyl sites for hydroxylation is 1. The fourth-order valence-corrected chi connectivity index (χ4v) is 3.91. The number of halogens is 1. The van der Waals surface area contributed by atoms with Gasteiger partial charge in [-0.25, -0.2) is 0 Å². The van der Waals surface area contributed by atoms with Gasteiger partial charge in [0.05, 0.1) is 12.2 Å². The summed E-state index contributed by atoms with van der Waals surface area (Å²) in [5, 5.41) is 11.9. The van der Waals surface area contributed by atoms with Gasteiger partial charge in [0.25, 0.3) is 0 Å². The second kappa shape index (κ2) is 10.8. The molecule has 160 valence electrons. The van der Waals surface area contributed by atoms with Crippen molar-refractivity contribution in [3.8, 4) is 0 Å². The molecular weight excluding hydrogens is 465 g/mol. The van der Waals surface area contributed by atoms with Crippen LogP contribution in [-0.4, -0.2) is 84.4 Å². The summed E-state index contributed by atoms with van der Waals surface area (Å²) in [6, 6.07) is 1.31. The predicted octanol–water partition coefficient (Wildman–Crippen LogP) is 1.74. The van der Waals surface area contributed by atoms with E-state index < -0.39 is 0 Å². The fourth-order valence-electron chi connectivity index (χ4n) is 3.91. The molecule has 2 atom stereocenters. The van der Waals surface area contributed by atoms with Crippen LogP contribution < -0.4 is 10.6 Å². The predicted molar refractivity (Wildman–Crippen MR) is 127 cm³/mol. The molecular formula is C20H38IN7. The molecule has 0 saturated carbocycles. The lowest BCUT2D eigenvalue weighted by Crippen LogP contribution is -2.52. The maximum Gasteiger partial charge on any atom is 0.191 e. The first-order valence-electron chi connectivity index (χ1n) is 10.5. The number of nitrogens with one attached hydrogen (secondary N) is 2. The van der Waals surface area contributed by atoms with E-state index in [0.29, 0.717) is 18.1 Å². The smallest absolute Gasteiger partial charge is 0.191 e. The van der Waals surface area contributed by atoms with Crippen molar-refractivity contribution in [2.75, 3.05) is 46.8 Å². The molecule has 1 fully saturated rings. The second-order valence-electron chi connectivity index (χ2n) is 8.38. The molecule has 7 nitrogen and oxygen atoms in total. The number of hydrogen-bond donors (Lipinski definition) is 2. The Bertz CT molecular complexity index is 642. The van der Waals surface area contributed by atoms with E-state index in [0.717, 1.165) is 57.9 Å². The lowest BCUT2D eigenvalue weighted by atomic mass is 9.94. The highest BCUT2D eigenvalue weighted by Gasteiger charge is 2.24. The third kappa shape index (κ3) is 6.06. The summed E-state index contributed by atoms with van der Waals surface area (Å²) in [5.41, 5.74) is 2.66. The topological polar surface area (TPSA) is 60.7 Å². The summed E-state index contributed by atoms with van der Waals surface area (Å²) in [6.45, 7) is 11.5. The van der Waals surface area contributed by atoms with Gasteiger partial charge in [-0.3, -0.25) is 14.6 Å². The Kier molecular flexibility index (Phi) is 9.01. The highest BCUT2D eigenvalue weighted by atomic mass is 127. The van der Waals surface area contributed by atoms with E-state index in [4.69, 9.17) is 10.1 Å². The lowest BCUT2D eigenvalue weighted by molar-refractivity contribution is 0.119. The molecule has 2 heterocycles. The Hall–Kier alpha value is -0.870. The first-order valence-corrected chi connectivity index (χ1v) is 10.5. The Morgan fingerprint density at radius 2 is 2.11 bits per heavy atom. The molecule has 2 unspecified atom stereocenters. The van der Waals surface area contributed by atoms with Gasteiger partial charge in [-0.1, -0.05) is 0 Å². The number of rotatable bonds is 5. The van der Waals surface area contributed by atoms with Crippen LogP contribution in [0.5, 0.6) is 0 Å². The number of likely N-dealkylation sites (N-methyl/N-ethyl adjacent to an activating group) is 2. The average molecular weight is 503 g/mol. The van der Waals surface area contributed by atoms with Crippen LogP contribution in [0.25, 0.3) is 0 Å². The summed E-state index contributed by atoms with van der Waals surface area (Å²) in [5.74, 6) is 0.941. The Morgan fingerprint density at radius 1 is 1.32 bits per heavy atom. The van der Waals surface area contributed by atoms with Crippen molar-refractivity contribution in [3.63, 3.8) is 0 Å². The van der Waals surface area contributed by atoms with E-state index in [9.17, 15) is 0 Å². The number of aromatic nitrogens is 2. The van der Waals surface area contributed by atoms with Crippen molar-refractivity contribution in [2.45, 2.75) is 58.2 Å². The quantitative estimate of drug-likeness (QED) is 0.364. The Morgan fingerprint density at radius 3 is 2.82 bits per heavy atom. The van der Waals surface area contributed by atoms with Crippen molar-refractivity contribution in [2.24, 2.45) is 4.99 Å². The number of hydrogen-bond acceptors (Lipinski definition) is 4. The van der Waals surface area contributed by atoms with Crippen LogP contribution in [0.15, 0.2) is 11.2 Å². The highest BCUT2D eigenvalue weighted by Crippen LogP contribution is 2.21. The molecule has 1 aliphatic heterocycles. The first-order chi connectivity index (χ1) is 13.0. The molecule has 3 rings (SSSR count). The van der Waals surface area contributed by atoms with E-state index in [-0.39, 0.29) is 24.0 Å². The zero-order valence-electron chi connectivity index (χ0n) is 18.1. The third-order valence-corrected chi connectivity index (χ3v) is 5.75. The summed E-state index contributed by atoms with van der Waals surface area (Å²) in [6.07, 6.45) is 5.43. The van der Waals surface area contributed by atoms with E-state index in [1.807, 2.05) is 0 Å². The molecule has 2 aliphatic rings. The molecule has 2 N–H and O–H groups in total.